The van der Waals surface area contributed by atoms with E-state index in [0.29, 0.717) is 36.3 Å². The molecule has 0 aliphatic carbocycles. The van der Waals surface area contributed by atoms with Gasteiger partial charge in [-0.2, -0.15) is 0 Å². The molecule has 0 spiro atoms. The molecule has 0 atom stereocenters. The summed E-state index contributed by atoms with van der Waals surface area (Å²) in [7, 11) is -3.38. The molecule has 4 N–H and O–H groups in total. The highest BCUT2D eigenvalue weighted by Gasteiger charge is 2.11. The van der Waals surface area contributed by atoms with Gasteiger partial charge in [-0.05, 0) is 48.7 Å². The van der Waals surface area contributed by atoms with Gasteiger partial charge in [-0.15, -0.1) is 12.4 Å². The Morgan fingerprint density at radius 3 is 2.46 bits per heavy atom. The SMILES string of the molecule is CCCS(=O)(=O)Nc1cccc(C(=O)NCCc2ccc(N)cc2)c1.Cl. The number of halogens is 1. The highest BCUT2D eigenvalue weighted by Crippen LogP contribution is 2.13. The number of benzene rings is 2. The van der Waals surface area contributed by atoms with Crippen molar-refractivity contribution >= 4 is 39.7 Å². The predicted octanol–water partition coefficient (Wildman–Crippen LogP) is 2.81. The lowest BCUT2D eigenvalue weighted by atomic mass is 10.1. The van der Waals surface area contributed by atoms with E-state index in [9.17, 15) is 13.2 Å². The molecular formula is C18H24ClN3O3S. The van der Waals surface area contributed by atoms with Gasteiger partial charge in [-0.1, -0.05) is 25.1 Å². The summed E-state index contributed by atoms with van der Waals surface area (Å²) in [5, 5.41) is 2.83. The molecule has 0 aromatic heterocycles. The number of nitrogen functional groups attached to an aromatic ring is 1. The minimum Gasteiger partial charge on any atom is -0.399 e. The first-order valence-corrected chi connectivity index (χ1v) is 9.78. The van der Waals surface area contributed by atoms with Crippen LogP contribution in [0.1, 0.15) is 29.3 Å². The Bertz CT molecular complexity index is 824. The molecule has 0 heterocycles. The zero-order valence-electron chi connectivity index (χ0n) is 14.6. The topological polar surface area (TPSA) is 101 Å². The molecular weight excluding hydrogens is 374 g/mol. The molecule has 0 saturated carbocycles. The summed E-state index contributed by atoms with van der Waals surface area (Å²) >= 11 is 0. The molecule has 0 unspecified atom stereocenters. The monoisotopic (exact) mass is 397 g/mol. The normalized spacial score (nSPS) is 10.7. The maximum Gasteiger partial charge on any atom is 0.251 e. The van der Waals surface area contributed by atoms with E-state index in [1.54, 1.807) is 25.1 Å². The maximum atomic E-state index is 12.2. The van der Waals surface area contributed by atoms with Crippen molar-refractivity contribution in [1.29, 1.82) is 0 Å². The molecule has 1 amide bonds. The summed E-state index contributed by atoms with van der Waals surface area (Å²) in [5.41, 5.74) is 8.22. The molecule has 8 heteroatoms. The number of hydrogen-bond acceptors (Lipinski definition) is 4. The zero-order valence-corrected chi connectivity index (χ0v) is 16.2. The van der Waals surface area contributed by atoms with Crippen LogP contribution >= 0.6 is 12.4 Å². The Balaban J connectivity index is 0.00000338. The second-order valence-electron chi connectivity index (χ2n) is 5.75. The number of rotatable bonds is 8. The third-order valence-corrected chi connectivity index (χ3v) is 5.04. The quantitative estimate of drug-likeness (QED) is 0.596. The lowest BCUT2D eigenvalue weighted by Crippen LogP contribution is -2.26. The van der Waals surface area contributed by atoms with E-state index >= 15 is 0 Å². The smallest absolute Gasteiger partial charge is 0.251 e. The van der Waals surface area contributed by atoms with Gasteiger partial charge in [-0.3, -0.25) is 9.52 Å². The van der Waals surface area contributed by atoms with Crippen LogP contribution in [0.3, 0.4) is 0 Å². The van der Waals surface area contributed by atoms with Crippen molar-refractivity contribution in [2.45, 2.75) is 19.8 Å². The Kier molecular flexibility index (Phi) is 8.41. The van der Waals surface area contributed by atoms with E-state index in [1.165, 1.54) is 6.07 Å². The third kappa shape index (κ3) is 6.93. The summed E-state index contributed by atoms with van der Waals surface area (Å²) in [6.45, 7) is 2.28. The molecule has 2 rings (SSSR count). The molecule has 142 valence electrons. The zero-order chi connectivity index (χ0) is 18.3. The molecule has 0 bridgehead atoms. The fourth-order valence-corrected chi connectivity index (χ4v) is 3.46. The molecule has 0 saturated heterocycles. The van der Waals surface area contributed by atoms with E-state index in [4.69, 9.17) is 5.73 Å². The van der Waals surface area contributed by atoms with Gasteiger partial charge in [0.25, 0.3) is 5.91 Å². The Hall–Kier alpha value is -2.25. The van der Waals surface area contributed by atoms with Gasteiger partial charge in [0.15, 0.2) is 0 Å². The molecule has 0 fully saturated rings. The lowest BCUT2D eigenvalue weighted by Gasteiger charge is -2.09. The number of amides is 1. The number of nitrogens with two attached hydrogens (primary N) is 1. The van der Waals surface area contributed by atoms with Crippen LogP contribution in [0.5, 0.6) is 0 Å². The molecule has 26 heavy (non-hydrogen) atoms. The largest absolute Gasteiger partial charge is 0.399 e. The number of carbonyl (C=O) groups excluding carboxylic acids is 1. The minimum absolute atomic E-state index is 0. The summed E-state index contributed by atoms with van der Waals surface area (Å²) < 4.78 is 26.1. The van der Waals surface area contributed by atoms with E-state index in [2.05, 4.69) is 10.0 Å². The van der Waals surface area contributed by atoms with Crippen LogP contribution in [-0.4, -0.2) is 26.6 Å². The van der Waals surface area contributed by atoms with Crippen LogP contribution in [0.15, 0.2) is 48.5 Å². The fraction of sp³-hybridized carbons (Fsp3) is 0.278. The van der Waals surface area contributed by atoms with Gasteiger partial charge in [-0.25, -0.2) is 8.42 Å². The van der Waals surface area contributed by atoms with Gasteiger partial charge in [0, 0.05) is 23.5 Å². The number of nitrogens with one attached hydrogen (secondary N) is 2. The minimum atomic E-state index is -3.38. The van der Waals surface area contributed by atoms with Crippen LogP contribution in [0.4, 0.5) is 11.4 Å². The molecule has 0 aliphatic heterocycles. The Morgan fingerprint density at radius 2 is 1.81 bits per heavy atom. The first kappa shape index (κ1) is 21.8. The van der Waals surface area contributed by atoms with Crippen molar-refractivity contribution in [2.75, 3.05) is 22.8 Å². The number of hydrogen-bond donors (Lipinski definition) is 3. The number of sulfonamides is 1. The molecule has 6 nitrogen and oxygen atoms in total. The Morgan fingerprint density at radius 1 is 1.12 bits per heavy atom. The number of carbonyl (C=O) groups is 1. The first-order valence-electron chi connectivity index (χ1n) is 8.13. The molecule has 0 radical (unpaired) electrons. The van der Waals surface area contributed by atoms with Crippen molar-refractivity contribution < 1.29 is 13.2 Å². The standard InChI is InChI=1S/C18H23N3O3S.ClH/c1-2-12-25(23,24)21-17-5-3-4-15(13-17)18(22)20-11-10-14-6-8-16(19)9-7-14;/h3-9,13,21H,2,10-12,19H2,1H3,(H,20,22);1H. The van der Waals surface area contributed by atoms with Gasteiger partial charge < -0.3 is 11.1 Å². The van der Waals surface area contributed by atoms with Gasteiger partial charge in [0.2, 0.25) is 10.0 Å². The van der Waals surface area contributed by atoms with Gasteiger partial charge >= 0.3 is 0 Å². The van der Waals surface area contributed by atoms with Crippen molar-refractivity contribution in [3.8, 4) is 0 Å². The van der Waals surface area contributed by atoms with Crippen LogP contribution in [0.2, 0.25) is 0 Å². The third-order valence-electron chi connectivity index (χ3n) is 3.55. The summed E-state index contributed by atoms with van der Waals surface area (Å²) in [5.74, 6) is -0.197. The van der Waals surface area contributed by atoms with Gasteiger partial charge in [0.05, 0.1) is 5.75 Å². The molecule has 2 aromatic carbocycles. The van der Waals surface area contributed by atoms with Crippen LogP contribution in [0.25, 0.3) is 0 Å². The maximum absolute atomic E-state index is 12.2. The summed E-state index contributed by atoms with van der Waals surface area (Å²) in [6.07, 6.45) is 1.22. The van der Waals surface area contributed by atoms with E-state index in [-0.39, 0.29) is 24.1 Å². The van der Waals surface area contributed by atoms with E-state index in [1.807, 2.05) is 24.3 Å². The summed E-state index contributed by atoms with van der Waals surface area (Å²) in [6, 6.07) is 13.9. The molecule has 0 aliphatic rings. The summed E-state index contributed by atoms with van der Waals surface area (Å²) in [4.78, 5) is 12.2. The average Bonchev–Trinajstić information content (AvgIpc) is 2.56. The van der Waals surface area contributed by atoms with Crippen molar-refractivity contribution in [2.24, 2.45) is 0 Å². The highest BCUT2D eigenvalue weighted by molar-refractivity contribution is 7.92. The van der Waals surface area contributed by atoms with Crippen molar-refractivity contribution in [3.63, 3.8) is 0 Å². The van der Waals surface area contributed by atoms with E-state index in [0.717, 1.165) is 5.56 Å². The predicted molar refractivity (Wildman–Crippen MR) is 108 cm³/mol. The van der Waals surface area contributed by atoms with Crippen molar-refractivity contribution in [1.82, 2.24) is 5.32 Å². The Labute approximate surface area is 160 Å². The lowest BCUT2D eigenvalue weighted by molar-refractivity contribution is 0.0954. The van der Waals surface area contributed by atoms with Crippen molar-refractivity contribution in [3.05, 3.63) is 59.7 Å². The second kappa shape index (κ2) is 10.0. The highest BCUT2D eigenvalue weighted by atomic mass is 35.5. The average molecular weight is 398 g/mol. The van der Waals surface area contributed by atoms with Crippen LogP contribution < -0.4 is 15.8 Å². The van der Waals surface area contributed by atoms with Crippen LogP contribution in [-0.2, 0) is 16.4 Å². The second-order valence-corrected chi connectivity index (χ2v) is 7.59. The number of anilines is 2. The van der Waals surface area contributed by atoms with E-state index < -0.39 is 10.0 Å². The first-order chi connectivity index (χ1) is 11.9. The van der Waals surface area contributed by atoms with Gasteiger partial charge in [0.1, 0.15) is 0 Å². The fourth-order valence-electron chi connectivity index (χ4n) is 2.33. The van der Waals surface area contributed by atoms with Crippen LogP contribution in [0, 0.1) is 0 Å². The molecule has 2 aromatic rings.